The highest BCUT2D eigenvalue weighted by atomic mass is 16.5. The zero-order valence-corrected chi connectivity index (χ0v) is 15.2. The average Bonchev–Trinajstić information content (AvgIpc) is 3.15. The van der Waals surface area contributed by atoms with Crippen LogP contribution in [0.4, 0.5) is 0 Å². The Labute approximate surface area is 157 Å². The second-order valence-electron chi connectivity index (χ2n) is 6.80. The fourth-order valence-electron chi connectivity index (χ4n) is 3.55. The summed E-state index contributed by atoms with van der Waals surface area (Å²) in [6, 6.07) is 9.85. The number of carbonyl (C=O) groups excluding carboxylic acids is 1. The summed E-state index contributed by atoms with van der Waals surface area (Å²) in [6.45, 7) is 3.18. The largest absolute Gasteiger partial charge is 0.342 e. The van der Waals surface area contributed by atoms with Crippen LogP contribution in [-0.4, -0.2) is 44.0 Å². The van der Waals surface area contributed by atoms with Crippen molar-refractivity contribution in [3.8, 4) is 11.4 Å². The molecule has 4 rings (SSSR count). The third-order valence-electron chi connectivity index (χ3n) is 4.87. The molecule has 1 aromatic carbocycles. The molecule has 1 aliphatic heterocycles. The standard InChI is InChI=1S/C20H21N5O2/c1-14-23-20(24-27-14)17-11-21-13-22-19(17)16-8-5-9-25(12-16)18(26)10-15-6-3-2-4-7-15/h2-4,6-7,11,13,16H,5,8-10,12H2,1H3/t16-/m1/s1. The Balaban J connectivity index is 1.53. The smallest absolute Gasteiger partial charge is 0.227 e. The minimum atomic E-state index is 0.135. The highest BCUT2D eigenvalue weighted by Crippen LogP contribution is 2.31. The fourth-order valence-corrected chi connectivity index (χ4v) is 3.55. The number of rotatable bonds is 4. The quantitative estimate of drug-likeness (QED) is 0.709. The summed E-state index contributed by atoms with van der Waals surface area (Å²) in [7, 11) is 0. The lowest BCUT2D eigenvalue weighted by molar-refractivity contribution is -0.131. The van der Waals surface area contributed by atoms with Crippen molar-refractivity contribution in [2.75, 3.05) is 13.1 Å². The van der Waals surface area contributed by atoms with Crippen LogP contribution in [0.25, 0.3) is 11.4 Å². The van der Waals surface area contributed by atoms with E-state index in [0.29, 0.717) is 24.7 Å². The van der Waals surface area contributed by atoms with Crippen LogP contribution in [0.5, 0.6) is 0 Å². The minimum Gasteiger partial charge on any atom is -0.342 e. The predicted octanol–water partition coefficient (Wildman–Crippen LogP) is 2.78. The predicted molar refractivity (Wildman–Crippen MR) is 98.8 cm³/mol. The van der Waals surface area contributed by atoms with Crippen LogP contribution >= 0.6 is 0 Å². The molecule has 0 saturated carbocycles. The molecular weight excluding hydrogens is 342 g/mol. The van der Waals surface area contributed by atoms with Crippen LogP contribution in [0.2, 0.25) is 0 Å². The Bertz CT molecular complexity index is 925. The topological polar surface area (TPSA) is 85.0 Å². The molecule has 1 aliphatic rings. The number of hydrogen-bond donors (Lipinski definition) is 0. The molecular formula is C20H21N5O2. The molecule has 138 valence electrons. The normalized spacial score (nSPS) is 17.1. The summed E-state index contributed by atoms with van der Waals surface area (Å²) in [5.41, 5.74) is 2.69. The first-order chi connectivity index (χ1) is 13.2. The highest BCUT2D eigenvalue weighted by molar-refractivity contribution is 5.79. The molecule has 7 nitrogen and oxygen atoms in total. The number of piperidine rings is 1. The van der Waals surface area contributed by atoms with Gasteiger partial charge in [-0.25, -0.2) is 9.97 Å². The number of carbonyl (C=O) groups is 1. The van der Waals surface area contributed by atoms with Crippen LogP contribution in [0.3, 0.4) is 0 Å². The van der Waals surface area contributed by atoms with Crippen molar-refractivity contribution in [3.63, 3.8) is 0 Å². The summed E-state index contributed by atoms with van der Waals surface area (Å²) in [5, 5.41) is 4.00. The molecule has 3 heterocycles. The Kier molecular flexibility index (Phi) is 4.91. The Morgan fingerprint density at radius 3 is 2.93 bits per heavy atom. The van der Waals surface area contributed by atoms with E-state index >= 15 is 0 Å². The number of likely N-dealkylation sites (tertiary alicyclic amines) is 1. The van der Waals surface area contributed by atoms with E-state index in [1.165, 1.54) is 6.33 Å². The lowest BCUT2D eigenvalue weighted by Crippen LogP contribution is -2.40. The molecule has 1 amide bonds. The summed E-state index contributed by atoms with van der Waals surface area (Å²) >= 11 is 0. The third kappa shape index (κ3) is 3.86. The van der Waals surface area contributed by atoms with Crippen LogP contribution in [0, 0.1) is 6.92 Å². The van der Waals surface area contributed by atoms with E-state index in [9.17, 15) is 4.79 Å². The summed E-state index contributed by atoms with van der Waals surface area (Å²) in [6.07, 6.45) is 5.60. The van der Waals surface area contributed by atoms with E-state index < -0.39 is 0 Å². The average molecular weight is 363 g/mol. The number of benzene rings is 1. The van der Waals surface area contributed by atoms with E-state index in [-0.39, 0.29) is 11.8 Å². The molecule has 0 spiro atoms. The molecule has 0 bridgehead atoms. The molecule has 0 N–H and O–H groups in total. The van der Waals surface area contributed by atoms with E-state index in [1.54, 1.807) is 13.1 Å². The minimum absolute atomic E-state index is 0.135. The van der Waals surface area contributed by atoms with Gasteiger partial charge in [-0.2, -0.15) is 4.98 Å². The molecule has 1 fully saturated rings. The van der Waals surface area contributed by atoms with Gasteiger partial charge in [0.25, 0.3) is 0 Å². The van der Waals surface area contributed by atoms with Gasteiger partial charge in [-0.3, -0.25) is 4.79 Å². The SMILES string of the molecule is Cc1nc(-c2cncnc2[C@@H]2CCCN(C(=O)Cc3ccccc3)C2)no1. The Morgan fingerprint density at radius 1 is 1.30 bits per heavy atom. The van der Waals surface area contributed by atoms with E-state index in [1.807, 2.05) is 35.2 Å². The second-order valence-corrected chi connectivity index (χ2v) is 6.80. The first-order valence-electron chi connectivity index (χ1n) is 9.13. The zero-order chi connectivity index (χ0) is 18.6. The highest BCUT2D eigenvalue weighted by Gasteiger charge is 2.28. The summed E-state index contributed by atoms with van der Waals surface area (Å²) in [4.78, 5) is 27.6. The number of aromatic nitrogens is 4. The number of amides is 1. The molecule has 1 atom stereocenters. The van der Waals surface area contributed by atoms with E-state index in [2.05, 4.69) is 20.1 Å². The van der Waals surface area contributed by atoms with Crippen molar-refractivity contribution < 1.29 is 9.32 Å². The van der Waals surface area contributed by atoms with E-state index in [4.69, 9.17) is 4.52 Å². The molecule has 7 heteroatoms. The number of hydrogen-bond acceptors (Lipinski definition) is 6. The lowest BCUT2D eigenvalue weighted by atomic mass is 9.91. The van der Waals surface area contributed by atoms with Crippen LogP contribution < -0.4 is 0 Å². The molecule has 0 unspecified atom stereocenters. The van der Waals surface area contributed by atoms with Gasteiger partial charge in [0, 0.05) is 32.1 Å². The maximum Gasteiger partial charge on any atom is 0.227 e. The lowest BCUT2D eigenvalue weighted by Gasteiger charge is -2.33. The van der Waals surface area contributed by atoms with Crippen LogP contribution in [0.1, 0.15) is 35.9 Å². The van der Waals surface area contributed by atoms with Gasteiger partial charge in [0.1, 0.15) is 6.33 Å². The molecule has 0 radical (unpaired) electrons. The van der Waals surface area contributed by atoms with Crippen molar-refractivity contribution in [3.05, 3.63) is 60.0 Å². The summed E-state index contributed by atoms with van der Waals surface area (Å²) < 4.78 is 5.11. The maximum absolute atomic E-state index is 12.8. The van der Waals surface area contributed by atoms with Gasteiger partial charge in [-0.1, -0.05) is 35.5 Å². The third-order valence-corrected chi connectivity index (χ3v) is 4.87. The molecule has 2 aromatic heterocycles. The monoisotopic (exact) mass is 363 g/mol. The second kappa shape index (κ2) is 7.65. The Morgan fingerprint density at radius 2 is 2.15 bits per heavy atom. The van der Waals surface area contributed by atoms with Crippen molar-refractivity contribution in [2.45, 2.75) is 32.1 Å². The Hall–Kier alpha value is -3.09. The van der Waals surface area contributed by atoms with Crippen molar-refractivity contribution in [1.29, 1.82) is 0 Å². The first kappa shape index (κ1) is 17.3. The number of nitrogens with zero attached hydrogens (tertiary/aromatic N) is 5. The van der Waals surface area contributed by atoms with Crippen molar-refractivity contribution >= 4 is 5.91 Å². The molecule has 1 saturated heterocycles. The number of aryl methyl sites for hydroxylation is 1. The molecule has 27 heavy (non-hydrogen) atoms. The van der Waals surface area contributed by atoms with Gasteiger partial charge in [0.05, 0.1) is 17.7 Å². The van der Waals surface area contributed by atoms with Gasteiger partial charge >= 0.3 is 0 Å². The maximum atomic E-state index is 12.8. The molecule has 3 aromatic rings. The van der Waals surface area contributed by atoms with Crippen LogP contribution in [-0.2, 0) is 11.2 Å². The first-order valence-corrected chi connectivity index (χ1v) is 9.13. The van der Waals surface area contributed by atoms with Gasteiger partial charge in [0.15, 0.2) is 0 Å². The van der Waals surface area contributed by atoms with Gasteiger partial charge < -0.3 is 9.42 Å². The van der Waals surface area contributed by atoms with E-state index in [0.717, 1.165) is 36.2 Å². The van der Waals surface area contributed by atoms with Gasteiger partial charge in [-0.15, -0.1) is 0 Å². The van der Waals surface area contributed by atoms with Crippen molar-refractivity contribution in [2.24, 2.45) is 0 Å². The van der Waals surface area contributed by atoms with Gasteiger partial charge in [-0.05, 0) is 18.4 Å². The zero-order valence-electron chi connectivity index (χ0n) is 15.2. The van der Waals surface area contributed by atoms with Crippen molar-refractivity contribution in [1.82, 2.24) is 25.0 Å². The van der Waals surface area contributed by atoms with Crippen LogP contribution in [0.15, 0.2) is 47.4 Å². The van der Waals surface area contributed by atoms with Gasteiger partial charge in [0.2, 0.25) is 17.6 Å². The fraction of sp³-hybridized carbons (Fsp3) is 0.350. The summed E-state index contributed by atoms with van der Waals surface area (Å²) in [5.74, 6) is 1.28. The molecule has 0 aliphatic carbocycles.